The normalized spacial score (nSPS) is 25.2. The predicted molar refractivity (Wildman–Crippen MR) is 109 cm³/mol. The van der Waals surface area contributed by atoms with Gasteiger partial charge in [0, 0.05) is 31.3 Å². The molecule has 3 N–H and O–H groups in total. The zero-order valence-electron chi connectivity index (χ0n) is 16.6. The number of likely N-dealkylation sites (tertiary alicyclic amines) is 1. The second-order valence-electron chi connectivity index (χ2n) is 7.57. The van der Waals surface area contributed by atoms with Crippen molar-refractivity contribution in [2.24, 2.45) is 16.6 Å². The Balaban J connectivity index is 1.59. The van der Waals surface area contributed by atoms with Crippen molar-refractivity contribution in [1.29, 1.82) is 0 Å². The fraction of sp³-hybridized carbons (Fsp3) is 0.684. The number of nitrogens with two attached hydrogens (primary N) is 1. The first kappa shape index (κ1) is 21.6. The van der Waals surface area contributed by atoms with Crippen LogP contribution in [0, 0.1) is 5.92 Å². The number of carboxylic acid groups (broad SMARTS) is 1. The van der Waals surface area contributed by atoms with Crippen LogP contribution in [0.3, 0.4) is 0 Å². The molecule has 10 heteroatoms. The molecule has 0 bridgehead atoms. The summed E-state index contributed by atoms with van der Waals surface area (Å²) in [6, 6.07) is -0.570. The van der Waals surface area contributed by atoms with Crippen molar-refractivity contribution in [2.75, 3.05) is 32.0 Å². The molecule has 3 aliphatic rings. The van der Waals surface area contributed by atoms with E-state index >= 15 is 0 Å². The molecule has 2 saturated heterocycles. The van der Waals surface area contributed by atoms with Crippen LogP contribution in [0.5, 0.6) is 0 Å². The van der Waals surface area contributed by atoms with Gasteiger partial charge in [-0.1, -0.05) is 0 Å². The number of β-lactam (4-membered cyclic amide) rings is 1. The molecule has 0 aromatic heterocycles. The summed E-state index contributed by atoms with van der Waals surface area (Å²) >= 11 is 1.45. The van der Waals surface area contributed by atoms with Gasteiger partial charge in [0.15, 0.2) is 6.04 Å². The predicted octanol–water partition coefficient (Wildman–Crippen LogP) is 0.651. The topological polar surface area (TPSA) is 126 Å². The van der Waals surface area contributed by atoms with Crippen molar-refractivity contribution in [1.82, 2.24) is 9.80 Å². The van der Waals surface area contributed by atoms with E-state index in [1.165, 1.54) is 23.6 Å². The van der Waals surface area contributed by atoms with Gasteiger partial charge in [0.25, 0.3) is 5.91 Å². The number of nitrogens with zero attached hydrogens (tertiary/aromatic N) is 3. The zero-order valence-corrected chi connectivity index (χ0v) is 17.4. The summed E-state index contributed by atoms with van der Waals surface area (Å²) in [5.41, 5.74) is 5.94. The number of piperidine rings is 1. The van der Waals surface area contributed by atoms with Crippen LogP contribution in [0.15, 0.2) is 16.3 Å². The molecule has 0 aliphatic carbocycles. The van der Waals surface area contributed by atoms with E-state index in [9.17, 15) is 19.5 Å². The van der Waals surface area contributed by atoms with Crippen molar-refractivity contribution in [3.8, 4) is 0 Å². The van der Waals surface area contributed by atoms with E-state index in [2.05, 4.69) is 9.89 Å². The van der Waals surface area contributed by atoms with E-state index in [1.807, 2.05) is 0 Å². The van der Waals surface area contributed by atoms with Crippen molar-refractivity contribution >= 4 is 35.9 Å². The molecule has 1 amide bonds. The lowest BCUT2D eigenvalue weighted by Gasteiger charge is -2.47. The number of aliphatic carboxylic acids is 1. The molecule has 0 unspecified atom stereocenters. The van der Waals surface area contributed by atoms with E-state index in [0.717, 1.165) is 45.3 Å². The zero-order chi connectivity index (χ0) is 21.0. The van der Waals surface area contributed by atoms with Gasteiger partial charge in [0.2, 0.25) is 0 Å². The number of carbonyl (C=O) groups excluding carboxylic acids is 2. The molecule has 2 fully saturated rings. The minimum atomic E-state index is -1.19. The minimum Gasteiger partial charge on any atom is -0.477 e. The highest BCUT2D eigenvalue weighted by atomic mass is 32.2. The van der Waals surface area contributed by atoms with E-state index in [1.54, 1.807) is 6.34 Å². The second-order valence-corrected chi connectivity index (χ2v) is 8.67. The average molecular weight is 425 g/mol. The molecule has 0 aromatic rings. The smallest absolute Gasteiger partial charge is 0.352 e. The maximum Gasteiger partial charge on any atom is 0.352 e. The molecule has 9 nitrogen and oxygen atoms in total. The van der Waals surface area contributed by atoms with Crippen molar-refractivity contribution in [2.45, 2.75) is 44.0 Å². The molecule has 3 aliphatic heterocycles. The van der Waals surface area contributed by atoms with Gasteiger partial charge in [0.05, 0.1) is 6.34 Å². The number of carboxylic acids is 1. The summed E-state index contributed by atoms with van der Waals surface area (Å²) in [5.74, 6) is -0.903. The first-order chi connectivity index (χ1) is 13.9. The Morgan fingerprint density at radius 3 is 2.72 bits per heavy atom. The molecule has 29 heavy (non-hydrogen) atoms. The van der Waals surface area contributed by atoms with E-state index in [-0.39, 0.29) is 23.6 Å². The van der Waals surface area contributed by atoms with Crippen LogP contribution in [0.4, 0.5) is 0 Å². The average Bonchev–Trinajstić information content (AvgIpc) is 2.70. The minimum absolute atomic E-state index is 0.0767. The lowest BCUT2D eigenvalue weighted by atomic mass is 9.92. The van der Waals surface area contributed by atoms with Crippen LogP contribution in [0.1, 0.15) is 32.6 Å². The third-order valence-corrected chi connectivity index (χ3v) is 6.85. The summed E-state index contributed by atoms with van der Waals surface area (Å²) < 4.78 is 4.94. The van der Waals surface area contributed by atoms with Gasteiger partial charge in [-0.15, -0.1) is 11.8 Å². The Hall–Kier alpha value is -2.07. The molecule has 0 radical (unpaired) electrons. The Morgan fingerprint density at radius 2 is 2.10 bits per heavy atom. The maximum atomic E-state index is 12.6. The number of esters is 1. The van der Waals surface area contributed by atoms with Crippen LogP contribution >= 0.6 is 11.8 Å². The van der Waals surface area contributed by atoms with E-state index < -0.39 is 18.0 Å². The van der Waals surface area contributed by atoms with Crippen molar-refractivity contribution < 1.29 is 24.2 Å². The number of aliphatic imine (C=N–C) groups is 1. The van der Waals surface area contributed by atoms with Crippen LogP contribution in [0.2, 0.25) is 0 Å². The number of fused-ring (bicyclic) bond motifs is 1. The molecule has 0 spiro atoms. The van der Waals surface area contributed by atoms with E-state index in [4.69, 9.17) is 10.5 Å². The summed E-state index contributed by atoms with van der Waals surface area (Å²) in [5, 5.41) is 9.24. The van der Waals surface area contributed by atoms with Gasteiger partial charge >= 0.3 is 11.9 Å². The SMILES string of the molecule is CC(=O)OCC1=C(C(=O)O)N2C(=O)[C@@H](N=CN3CCC(CCCN)CC3)[C@H]2SC1. The van der Waals surface area contributed by atoms with Gasteiger partial charge < -0.3 is 20.5 Å². The number of hydrogen-bond donors (Lipinski definition) is 2. The van der Waals surface area contributed by atoms with Crippen LogP contribution in [-0.4, -0.2) is 82.5 Å². The van der Waals surface area contributed by atoms with Gasteiger partial charge in [-0.3, -0.25) is 19.5 Å². The first-order valence-corrected chi connectivity index (χ1v) is 11.0. The summed E-state index contributed by atoms with van der Waals surface area (Å²) in [6.45, 7) is 3.70. The van der Waals surface area contributed by atoms with Crippen LogP contribution in [-0.2, 0) is 19.1 Å². The van der Waals surface area contributed by atoms with Crippen molar-refractivity contribution in [3.05, 3.63) is 11.3 Å². The lowest BCUT2D eigenvalue weighted by molar-refractivity contribution is -0.148. The molecule has 3 rings (SSSR count). The van der Waals surface area contributed by atoms with Crippen LogP contribution in [0.25, 0.3) is 0 Å². The molecular weight excluding hydrogens is 396 g/mol. The molecule has 0 saturated carbocycles. The lowest BCUT2D eigenvalue weighted by Crippen LogP contribution is -2.64. The third kappa shape index (κ3) is 4.92. The first-order valence-electron chi connectivity index (χ1n) is 9.93. The van der Waals surface area contributed by atoms with Crippen molar-refractivity contribution in [3.63, 3.8) is 0 Å². The van der Waals surface area contributed by atoms with Gasteiger partial charge in [0.1, 0.15) is 17.7 Å². The monoisotopic (exact) mass is 424 g/mol. The van der Waals surface area contributed by atoms with Crippen LogP contribution < -0.4 is 5.73 Å². The Kier molecular flexibility index (Phi) is 7.18. The third-order valence-electron chi connectivity index (χ3n) is 5.53. The number of amides is 1. The van der Waals surface area contributed by atoms with Gasteiger partial charge in [-0.25, -0.2) is 4.79 Å². The second kappa shape index (κ2) is 9.62. The highest BCUT2D eigenvalue weighted by Gasteiger charge is 2.53. The maximum absolute atomic E-state index is 12.6. The number of ether oxygens (including phenoxy) is 1. The fourth-order valence-electron chi connectivity index (χ4n) is 3.90. The number of hydrogen-bond acceptors (Lipinski definition) is 7. The fourth-order valence-corrected chi connectivity index (χ4v) is 5.22. The molecular formula is C19H28N4O5S. The molecule has 2 atom stereocenters. The highest BCUT2D eigenvalue weighted by molar-refractivity contribution is 8.00. The molecule has 160 valence electrons. The number of carbonyl (C=O) groups is 3. The largest absolute Gasteiger partial charge is 0.477 e. The molecule has 3 heterocycles. The number of rotatable bonds is 8. The van der Waals surface area contributed by atoms with E-state index in [0.29, 0.717) is 17.2 Å². The van der Waals surface area contributed by atoms with Gasteiger partial charge in [-0.2, -0.15) is 0 Å². The summed E-state index contributed by atoms with van der Waals surface area (Å²) in [7, 11) is 0. The Morgan fingerprint density at radius 1 is 1.38 bits per heavy atom. The summed E-state index contributed by atoms with van der Waals surface area (Å²) in [4.78, 5) is 43.2. The molecule has 0 aromatic carbocycles. The van der Waals surface area contributed by atoms with Gasteiger partial charge in [-0.05, 0) is 38.1 Å². The summed E-state index contributed by atoms with van der Waals surface area (Å²) in [6.07, 6.45) is 6.16. The number of thioether (sulfide) groups is 1. The Labute approximate surface area is 174 Å². The standard InChI is InChI=1S/C19H28N4O5S/c1-12(24)28-9-14-10-29-18-15(17(25)23(18)16(14)19(26)27)21-11-22-7-4-13(5-8-22)3-2-6-20/h11,13,15,18H,2-10,20H2,1H3,(H,26,27)/t15-,18-/m1/s1. The Bertz CT molecular complexity index is 717. The highest BCUT2D eigenvalue weighted by Crippen LogP contribution is 2.41. The quantitative estimate of drug-likeness (QED) is 0.252.